The number of nitrogens with one attached hydrogen (secondary N) is 1. The highest BCUT2D eigenvalue weighted by Crippen LogP contribution is 2.28. The monoisotopic (exact) mass is 330 g/mol. The molecule has 0 aliphatic carbocycles. The van der Waals surface area contributed by atoms with E-state index in [9.17, 15) is 4.79 Å². The largest absolute Gasteiger partial charge is 0.465 e. The number of carbonyl (C=O) groups excluding carboxylic acids is 1. The van der Waals surface area contributed by atoms with Crippen molar-refractivity contribution in [3.05, 3.63) is 78.5 Å². The Labute approximate surface area is 143 Å². The van der Waals surface area contributed by atoms with Gasteiger partial charge >= 0.3 is 5.91 Å². The summed E-state index contributed by atoms with van der Waals surface area (Å²) in [7, 11) is 0. The van der Waals surface area contributed by atoms with Crippen LogP contribution in [0.3, 0.4) is 0 Å². The van der Waals surface area contributed by atoms with Gasteiger partial charge in [-0.15, -0.1) is 0 Å². The van der Waals surface area contributed by atoms with E-state index in [2.05, 4.69) is 10.5 Å². The van der Waals surface area contributed by atoms with Crippen molar-refractivity contribution < 1.29 is 13.6 Å². The maximum Gasteiger partial charge on any atom is 0.307 e. The Morgan fingerprint density at radius 3 is 2.84 bits per heavy atom. The summed E-state index contributed by atoms with van der Waals surface area (Å²) in [6.07, 6.45) is 6.47. The lowest BCUT2D eigenvalue weighted by atomic mass is 10.1. The topological polar surface area (TPSA) is 67.7 Å². The number of fused-ring (bicyclic) bond motifs is 3. The molecule has 4 aromatic rings. The highest BCUT2D eigenvalue weighted by atomic mass is 16.3. The zero-order valence-electron chi connectivity index (χ0n) is 13.2. The van der Waals surface area contributed by atoms with Crippen molar-refractivity contribution >= 4 is 39.9 Å². The molecule has 0 aliphatic rings. The minimum Gasteiger partial charge on any atom is -0.465 e. The van der Waals surface area contributed by atoms with Gasteiger partial charge in [0, 0.05) is 11.6 Å². The Bertz CT molecular complexity index is 1090. The SMILES string of the molecule is O=C(NN=C/C=C/c1ccco1)c1cc2c(ccc3ccccc32)o1. The molecule has 2 heterocycles. The highest BCUT2D eigenvalue weighted by Gasteiger charge is 2.13. The quantitative estimate of drug-likeness (QED) is 0.439. The molecular formula is C20H14N2O3. The third kappa shape index (κ3) is 3.07. The van der Waals surface area contributed by atoms with Gasteiger partial charge in [-0.1, -0.05) is 30.3 Å². The molecule has 5 nitrogen and oxygen atoms in total. The van der Waals surface area contributed by atoms with Crippen LogP contribution >= 0.6 is 0 Å². The number of benzene rings is 2. The summed E-state index contributed by atoms with van der Waals surface area (Å²) in [4.78, 5) is 12.2. The van der Waals surface area contributed by atoms with Gasteiger partial charge in [0.05, 0.1) is 6.26 Å². The number of nitrogens with zero attached hydrogens (tertiary/aromatic N) is 1. The summed E-state index contributed by atoms with van der Waals surface area (Å²) in [5.74, 6) is 0.531. The number of hydrogen-bond acceptors (Lipinski definition) is 4. The second-order valence-electron chi connectivity index (χ2n) is 5.40. The van der Waals surface area contributed by atoms with Gasteiger partial charge in [-0.3, -0.25) is 4.79 Å². The Hall–Kier alpha value is -3.60. The molecule has 2 aromatic heterocycles. The number of carbonyl (C=O) groups is 1. The van der Waals surface area contributed by atoms with E-state index >= 15 is 0 Å². The summed E-state index contributed by atoms with van der Waals surface area (Å²) in [6, 6.07) is 17.2. The lowest BCUT2D eigenvalue weighted by Gasteiger charge is -1.96. The first-order chi connectivity index (χ1) is 12.3. The summed E-state index contributed by atoms with van der Waals surface area (Å²) in [6.45, 7) is 0. The predicted molar refractivity (Wildman–Crippen MR) is 97.4 cm³/mol. The van der Waals surface area contributed by atoms with E-state index in [1.54, 1.807) is 30.5 Å². The zero-order valence-corrected chi connectivity index (χ0v) is 13.2. The molecule has 0 saturated heterocycles. The molecule has 122 valence electrons. The smallest absolute Gasteiger partial charge is 0.307 e. The van der Waals surface area contributed by atoms with E-state index in [0.717, 1.165) is 16.2 Å². The molecule has 0 saturated carbocycles. The Kier molecular flexibility index (Phi) is 3.88. The van der Waals surface area contributed by atoms with Crippen LogP contribution in [0.5, 0.6) is 0 Å². The van der Waals surface area contributed by atoms with Crippen molar-refractivity contribution in [1.82, 2.24) is 5.43 Å². The molecule has 1 N–H and O–H groups in total. The Balaban J connectivity index is 1.51. The molecule has 0 fully saturated rings. The molecule has 25 heavy (non-hydrogen) atoms. The summed E-state index contributed by atoms with van der Waals surface area (Å²) >= 11 is 0. The average Bonchev–Trinajstić information content (AvgIpc) is 3.30. The van der Waals surface area contributed by atoms with Crippen LogP contribution in [0, 0.1) is 0 Å². The van der Waals surface area contributed by atoms with Crippen LogP contribution in [0.4, 0.5) is 0 Å². The second kappa shape index (κ2) is 6.49. The van der Waals surface area contributed by atoms with Gasteiger partial charge in [0.25, 0.3) is 0 Å². The third-order valence-electron chi connectivity index (χ3n) is 3.78. The van der Waals surface area contributed by atoms with Crippen LogP contribution in [-0.2, 0) is 0 Å². The molecule has 1 amide bonds. The molecule has 0 bridgehead atoms. The van der Waals surface area contributed by atoms with Gasteiger partial charge in [0.15, 0.2) is 5.76 Å². The van der Waals surface area contributed by atoms with Crippen LogP contribution in [0.25, 0.3) is 27.8 Å². The molecule has 0 radical (unpaired) electrons. The number of furan rings is 2. The van der Waals surface area contributed by atoms with Gasteiger partial charge in [-0.05, 0) is 47.2 Å². The molecule has 0 unspecified atom stereocenters. The second-order valence-corrected chi connectivity index (χ2v) is 5.40. The zero-order chi connectivity index (χ0) is 17.1. The van der Waals surface area contributed by atoms with Crippen LogP contribution < -0.4 is 5.43 Å². The van der Waals surface area contributed by atoms with Crippen LogP contribution in [-0.4, -0.2) is 12.1 Å². The van der Waals surface area contributed by atoms with Crippen molar-refractivity contribution in [2.75, 3.05) is 0 Å². The first-order valence-corrected chi connectivity index (χ1v) is 7.76. The number of hydrazone groups is 1. The van der Waals surface area contributed by atoms with E-state index < -0.39 is 5.91 Å². The number of rotatable bonds is 4. The number of amides is 1. The normalized spacial score (nSPS) is 11.8. The molecular weight excluding hydrogens is 316 g/mol. The Morgan fingerprint density at radius 1 is 1.04 bits per heavy atom. The van der Waals surface area contributed by atoms with Crippen LogP contribution in [0.2, 0.25) is 0 Å². The van der Waals surface area contributed by atoms with Crippen LogP contribution in [0.1, 0.15) is 16.3 Å². The summed E-state index contributed by atoms with van der Waals surface area (Å²) < 4.78 is 10.8. The maximum atomic E-state index is 12.2. The van der Waals surface area contributed by atoms with Crippen molar-refractivity contribution in [3.63, 3.8) is 0 Å². The third-order valence-corrected chi connectivity index (χ3v) is 3.78. The molecule has 4 rings (SSSR count). The minimum atomic E-state index is -0.400. The van der Waals surface area contributed by atoms with E-state index in [1.165, 1.54) is 6.21 Å². The van der Waals surface area contributed by atoms with Gasteiger partial charge in [0.1, 0.15) is 11.3 Å². The van der Waals surface area contributed by atoms with Crippen molar-refractivity contribution in [1.29, 1.82) is 0 Å². The van der Waals surface area contributed by atoms with Crippen molar-refractivity contribution in [2.45, 2.75) is 0 Å². The summed E-state index contributed by atoms with van der Waals surface area (Å²) in [5, 5.41) is 6.92. The minimum absolute atomic E-state index is 0.221. The first-order valence-electron chi connectivity index (χ1n) is 7.76. The number of hydrogen-bond donors (Lipinski definition) is 1. The fourth-order valence-corrected chi connectivity index (χ4v) is 2.62. The number of allylic oxidation sites excluding steroid dienone is 1. The molecule has 0 aliphatic heterocycles. The first kappa shape index (κ1) is 15.0. The van der Waals surface area contributed by atoms with E-state index in [4.69, 9.17) is 8.83 Å². The molecule has 0 spiro atoms. The molecule has 2 aromatic carbocycles. The van der Waals surface area contributed by atoms with E-state index in [-0.39, 0.29) is 5.76 Å². The van der Waals surface area contributed by atoms with Crippen molar-refractivity contribution in [2.24, 2.45) is 5.10 Å². The standard InChI is InChI=1S/C20H14N2O3/c23-20(22-21-11-3-6-15-7-4-12-24-15)19-13-17-16-8-2-1-5-14(16)9-10-18(17)25-19/h1-13H,(H,22,23)/b6-3+,21-11?. The molecule has 5 heteroatoms. The summed E-state index contributed by atoms with van der Waals surface area (Å²) in [5.41, 5.74) is 3.11. The lowest BCUT2D eigenvalue weighted by Crippen LogP contribution is -2.16. The molecule has 0 atom stereocenters. The van der Waals surface area contributed by atoms with Gasteiger partial charge < -0.3 is 8.83 Å². The van der Waals surface area contributed by atoms with Gasteiger partial charge in [-0.25, -0.2) is 5.43 Å². The fraction of sp³-hybridized carbons (Fsp3) is 0. The fourth-order valence-electron chi connectivity index (χ4n) is 2.62. The average molecular weight is 330 g/mol. The maximum absolute atomic E-state index is 12.2. The predicted octanol–water partition coefficient (Wildman–Crippen LogP) is 4.61. The van der Waals surface area contributed by atoms with Gasteiger partial charge in [0.2, 0.25) is 0 Å². The van der Waals surface area contributed by atoms with E-state index in [0.29, 0.717) is 11.3 Å². The highest BCUT2D eigenvalue weighted by molar-refractivity contribution is 6.08. The lowest BCUT2D eigenvalue weighted by molar-refractivity contribution is 0.0929. The Morgan fingerprint density at radius 2 is 1.96 bits per heavy atom. The van der Waals surface area contributed by atoms with Crippen LogP contribution in [0.15, 0.2) is 80.9 Å². The van der Waals surface area contributed by atoms with E-state index in [1.807, 2.05) is 42.5 Å². The van der Waals surface area contributed by atoms with Gasteiger partial charge in [-0.2, -0.15) is 5.10 Å². The van der Waals surface area contributed by atoms with Crippen molar-refractivity contribution in [3.8, 4) is 0 Å².